The molecule has 1 aromatic carbocycles. The van der Waals surface area contributed by atoms with Crippen LogP contribution in [-0.2, 0) is 11.2 Å². The number of aryl methyl sites for hydroxylation is 2. The van der Waals surface area contributed by atoms with Crippen LogP contribution in [0.25, 0.3) is 0 Å². The predicted molar refractivity (Wildman–Crippen MR) is 92.9 cm³/mol. The van der Waals surface area contributed by atoms with Gasteiger partial charge in [-0.3, -0.25) is 9.89 Å². The molecule has 0 radical (unpaired) electrons. The summed E-state index contributed by atoms with van der Waals surface area (Å²) in [7, 11) is 0. The van der Waals surface area contributed by atoms with Gasteiger partial charge in [0.2, 0.25) is 5.91 Å². The van der Waals surface area contributed by atoms with Crippen LogP contribution in [0.15, 0.2) is 24.4 Å². The van der Waals surface area contributed by atoms with E-state index >= 15 is 0 Å². The standard InChI is InChI=1S/C19H23N3O3/c1-12-14(11-21-22-12)3-2-6-20-19(23)16-10-15(16)13-4-5-17-18(9-13)25-8-7-24-17/h4-5,9,11,15-16H,2-3,6-8,10H2,1H3,(H,20,23)(H,21,22). The lowest BCUT2D eigenvalue weighted by molar-refractivity contribution is -0.122. The van der Waals surface area contributed by atoms with Gasteiger partial charge in [-0.05, 0) is 55.4 Å². The first-order valence-corrected chi connectivity index (χ1v) is 8.88. The van der Waals surface area contributed by atoms with Crippen molar-refractivity contribution in [3.05, 3.63) is 41.2 Å². The summed E-state index contributed by atoms with van der Waals surface area (Å²) in [6, 6.07) is 6.02. The number of ether oxygens (including phenoxy) is 2. The van der Waals surface area contributed by atoms with E-state index in [0.29, 0.717) is 25.7 Å². The van der Waals surface area contributed by atoms with Gasteiger partial charge in [-0.15, -0.1) is 0 Å². The maximum atomic E-state index is 12.3. The number of benzene rings is 1. The van der Waals surface area contributed by atoms with E-state index in [9.17, 15) is 4.79 Å². The summed E-state index contributed by atoms with van der Waals surface area (Å²) in [6.07, 6.45) is 4.62. The van der Waals surface area contributed by atoms with Crippen molar-refractivity contribution < 1.29 is 14.3 Å². The van der Waals surface area contributed by atoms with Crippen molar-refractivity contribution in [1.29, 1.82) is 0 Å². The summed E-state index contributed by atoms with van der Waals surface area (Å²) in [5.74, 6) is 2.13. The Morgan fingerprint density at radius 2 is 2.16 bits per heavy atom. The van der Waals surface area contributed by atoms with Crippen LogP contribution in [0, 0.1) is 12.8 Å². The molecule has 1 saturated carbocycles. The molecule has 0 saturated heterocycles. The molecule has 2 heterocycles. The number of amides is 1. The van der Waals surface area contributed by atoms with Gasteiger partial charge in [0.05, 0.1) is 6.20 Å². The molecule has 1 fully saturated rings. The summed E-state index contributed by atoms with van der Waals surface area (Å²) >= 11 is 0. The Bertz CT molecular complexity index is 771. The van der Waals surface area contributed by atoms with E-state index in [-0.39, 0.29) is 11.8 Å². The number of fused-ring (bicyclic) bond motifs is 1. The lowest BCUT2D eigenvalue weighted by Crippen LogP contribution is -2.26. The highest BCUT2D eigenvalue weighted by molar-refractivity contribution is 5.82. The van der Waals surface area contributed by atoms with Crippen molar-refractivity contribution in [2.45, 2.75) is 32.1 Å². The molecule has 2 aromatic rings. The first kappa shape index (κ1) is 16.0. The van der Waals surface area contributed by atoms with Gasteiger partial charge >= 0.3 is 0 Å². The van der Waals surface area contributed by atoms with Gasteiger partial charge in [0.25, 0.3) is 0 Å². The van der Waals surface area contributed by atoms with Gasteiger partial charge in [-0.2, -0.15) is 5.10 Å². The summed E-state index contributed by atoms with van der Waals surface area (Å²) in [6.45, 7) is 3.90. The van der Waals surface area contributed by atoms with E-state index in [4.69, 9.17) is 9.47 Å². The van der Waals surface area contributed by atoms with Crippen LogP contribution >= 0.6 is 0 Å². The third-order valence-electron chi connectivity index (χ3n) is 4.98. The second-order valence-electron chi connectivity index (χ2n) is 6.77. The fourth-order valence-corrected chi connectivity index (χ4v) is 3.39. The molecular formula is C19H23N3O3. The average Bonchev–Trinajstić information content (AvgIpc) is 3.34. The van der Waals surface area contributed by atoms with Crippen molar-refractivity contribution in [2.75, 3.05) is 19.8 Å². The first-order chi connectivity index (χ1) is 12.2. The summed E-state index contributed by atoms with van der Waals surface area (Å²) in [4.78, 5) is 12.3. The lowest BCUT2D eigenvalue weighted by Gasteiger charge is -2.18. The highest BCUT2D eigenvalue weighted by atomic mass is 16.6. The molecule has 2 aliphatic rings. The number of aromatic amines is 1. The van der Waals surface area contributed by atoms with Crippen LogP contribution in [0.3, 0.4) is 0 Å². The van der Waals surface area contributed by atoms with Gasteiger partial charge in [0, 0.05) is 18.2 Å². The predicted octanol–water partition coefficient (Wildman–Crippen LogP) is 2.34. The van der Waals surface area contributed by atoms with Gasteiger partial charge < -0.3 is 14.8 Å². The Kier molecular flexibility index (Phi) is 4.34. The van der Waals surface area contributed by atoms with E-state index in [1.54, 1.807) is 0 Å². The number of nitrogens with one attached hydrogen (secondary N) is 2. The molecule has 0 spiro atoms. The monoisotopic (exact) mass is 341 g/mol. The minimum Gasteiger partial charge on any atom is -0.486 e. The fourth-order valence-electron chi connectivity index (χ4n) is 3.39. The third-order valence-corrected chi connectivity index (χ3v) is 4.98. The Labute approximate surface area is 146 Å². The van der Waals surface area contributed by atoms with Crippen LogP contribution in [0.1, 0.15) is 35.6 Å². The second kappa shape index (κ2) is 6.78. The van der Waals surface area contributed by atoms with Crippen molar-refractivity contribution in [2.24, 2.45) is 5.92 Å². The zero-order valence-corrected chi connectivity index (χ0v) is 14.4. The van der Waals surface area contributed by atoms with E-state index in [0.717, 1.165) is 36.5 Å². The van der Waals surface area contributed by atoms with E-state index in [1.165, 1.54) is 11.1 Å². The van der Waals surface area contributed by atoms with Crippen molar-refractivity contribution in [1.82, 2.24) is 15.5 Å². The number of aromatic nitrogens is 2. The zero-order valence-electron chi connectivity index (χ0n) is 14.4. The number of nitrogens with zero attached hydrogens (tertiary/aromatic N) is 1. The zero-order chi connectivity index (χ0) is 17.2. The van der Waals surface area contributed by atoms with Crippen LogP contribution < -0.4 is 14.8 Å². The van der Waals surface area contributed by atoms with Gasteiger partial charge in [0.1, 0.15) is 13.2 Å². The molecule has 2 unspecified atom stereocenters. The second-order valence-corrected chi connectivity index (χ2v) is 6.77. The van der Waals surface area contributed by atoms with Gasteiger partial charge in [-0.25, -0.2) is 0 Å². The van der Waals surface area contributed by atoms with E-state index in [2.05, 4.69) is 15.5 Å². The van der Waals surface area contributed by atoms with Crippen LogP contribution in [-0.4, -0.2) is 35.9 Å². The SMILES string of the molecule is Cc1[nH]ncc1CCCNC(=O)C1CC1c1ccc2c(c1)OCCO2. The molecule has 4 rings (SSSR count). The molecule has 1 aliphatic heterocycles. The number of carbonyl (C=O) groups is 1. The number of hydrogen-bond acceptors (Lipinski definition) is 4. The minimum atomic E-state index is 0.0817. The summed E-state index contributed by atoms with van der Waals surface area (Å²) in [5.41, 5.74) is 3.49. The Morgan fingerprint density at radius 1 is 1.32 bits per heavy atom. The molecule has 25 heavy (non-hydrogen) atoms. The third kappa shape index (κ3) is 3.48. The number of carbonyl (C=O) groups excluding carboxylic acids is 1. The van der Waals surface area contributed by atoms with Crippen molar-refractivity contribution in [3.8, 4) is 11.5 Å². The lowest BCUT2D eigenvalue weighted by atomic mass is 10.1. The maximum absolute atomic E-state index is 12.3. The molecule has 132 valence electrons. The van der Waals surface area contributed by atoms with Crippen LogP contribution in [0.5, 0.6) is 11.5 Å². The smallest absolute Gasteiger partial charge is 0.223 e. The minimum absolute atomic E-state index is 0.0817. The van der Waals surface area contributed by atoms with Gasteiger partial charge in [-0.1, -0.05) is 6.07 Å². The highest BCUT2D eigenvalue weighted by Gasteiger charge is 2.44. The normalized spacial score (nSPS) is 21.0. The van der Waals surface area contributed by atoms with Crippen molar-refractivity contribution >= 4 is 5.91 Å². The molecule has 2 atom stereocenters. The molecule has 6 nitrogen and oxygen atoms in total. The van der Waals surface area contributed by atoms with Crippen LogP contribution in [0.2, 0.25) is 0 Å². The number of hydrogen-bond donors (Lipinski definition) is 2. The Morgan fingerprint density at radius 3 is 2.96 bits per heavy atom. The Balaban J connectivity index is 1.25. The summed E-state index contributed by atoms with van der Waals surface area (Å²) < 4.78 is 11.2. The van der Waals surface area contributed by atoms with E-state index < -0.39 is 0 Å². The molecule has 1 aliphatic carbocycles. The number of H-pyrrole nitrogens is 1. The molecule has 0 bridgehead atoms. The molecule has 1 amide bonds. The molecular weight excluding hydrogens is 318 g/mol. The number of rotatable bonds is 6. The topological polar surface area (TPSA) is 76.2 Å². The van der Waals surface area contributed by atoms with E-state index in [1.807, 2.05) is 31.3 Å². The Hall–Kier alpha value is -2.50. The maximum Gasteiger partial charge on any atom is 0.223 e. The van der Waals surface area contributed by atoms with Gasteiger partial charge in [0.15, 0.2) is 11.5 Å². The molecule has 1 aromatic heterocycles. The molecule has 6 heteroatoms. The van der Waals surface area contributed by atoms with Crippen LogP contribution in [0.4, 0.5) is 0 Å². The fraction of sp³-hybridized carbons (Fsp3) is 0.474. The first-order valence-electron chi connectivity index (χ1n) is 8.88. The quantitative estimate of drug-likeness (QED) is 0.791. The van der Waals surface area contributed by atoms with Crippen molar-refractivity contribution in [3.63, 3.8) is 0 Å². The largest absolute Gasteiger partial charge is 0.486 e. The molecule has 2 N–H and O–H groups in total. The summed E-state index contributed by atoms with van der Waals surface area (Å²) in [5, 5.41) is 10.0. The average molecular weight is 341 g/mol. The highest BCUT2D eigenvalue weighted by Crippen LogP contribution is 2.49.